The zero-order valence-corrected chi connectivity index (χ0v) is 32.2. The first-order valence-electron chi connectivity index (χ1n) is 17.2. The maximum absolute atomic E-state index is 12.8. The summed E-state index contributed by atoms with van der Waals surface area (Å²) in [5.74, 6) is 0.391. The average molecular weight is 742 g/mol. The Morgan fingerprint density at radius 2 is 1.66 bits per heavy atom. The van der Waals surface area contributed by atoms with Crippen LogP contribution in [0.15, 0.2) is 30.3 Å². The smallest absolute Gasteiger partial charge is 0.457 e. The van der Waals surface area contributed by atoms with Gasteiger partial charge in [0.25, 0.3) is 0 Å². The van der Waals surface area contributed by atoms with Gasteiger partial charge in [0, 0.05) is 6.54 Å². The lowest BCUT2D eigenvalue weighted by molar-refractivity contribution is -0.191. The minimum Gasteiger partial charge on any atom is -0.467 e. The number of amides is 1. The van der Waals surface area contributed by atoms with E-state index in [1.54, 1.807) is 0 Å². The Labute approximate surface area is 305 Å². The van der Waals surface area contributed by atoms with Gasteiger partial charge in [-0.2, -0.15) is 9.59 Å². The molecule has 0 aliphatic carbocycles. The lowest BCUT2D eigenvalue weighted by Gasteiger charge is -2.38. The third kappa shape index (κ3) is 17.1. The molecule has 0 saturated carbocycles. The molecule has 50 heavy (non-hydrogen) atoms. The molecular formula is C34H62B2N2O10P2. The van der Waals surface area contributed by atoms with E-state index in [0.29, 0.717) is 12.9 Å². The number of methoxy groups -OCH3 is 1. The summed E-state index contributed by atoms with van der Waals surface area (Å²) < 4.78 is 22.7. The third-order valence-corrected chi connectivity index (χ3v) is 9.43. The fraction of sp³-hybridized carbons (Fsp3) is 0.735. The second-order valence-corrected chi connectivity index (χ2v) is 13.4. The summed E-state index contributed by atoms with van der Waals surface area (Å²) in [6.07, 6.45) is 9.00. The maximum Gasteiger partial charge on any atom is 0.457 e. The summed E-state index contributed by atoms with van der Waals surface area (Å²) in [6, 6.07) is 8.89. The number of carbonyl (C=O) groups is 2. The van der Waals surface area contributed by atoms with Gasteiger partial charge in [-0.05, 0) is 109 Å². The van der Waals surface area contributed by atoms with E-state index in [1.165, 1.54) is 24.9 Å². The van der Waals surface area contributed by atoms with Crippen molar-refractivity contribution in [2.45, 2.75) is 123 Å². The summed E-state index contributed by atoms with van der Waals surface area (Å²) in [5, 5.41) is 20.6. The highest BCUT2D eigenvalue weighted by atomic mass is 32.0. The molecule has 0 radical (unpaired) electrons. The van der Waals surface area contributed by atoms with Gasteiger partial charge in [0.05, 0.1) is 18.3 Å². The Morgan fingerprint density at radius 1 is 1.04 bits per heavy atom. The van der Waals surface area contributed by atoms with Gasteiger partial charge >= 0.3 is 32.5 Å². The zero-order valence-electron chi connectivity index (χ0n) is 29.9. The number of piperidine rings is 2. The molecule has 4 unspecified atom stereocenters. The van der Waals surface area contributed by atoms with Crippen LogP contribution < -0.4 is 5.32 Å². The minimum atomic E-state index is -1.11. The van der Waals surface area contributed by atoms with Crippen LogP contribution in [0, 0.1) is 11.8 Å². The summed E-state index contributed by atoms with van der Waals surface area (Å²) in [5.41, 5.74) is 0.207. The quantitative estimate of drug-likeness (QED) is 0.152. The molecule has 1 aromatic rings. The summed E-state index contributed by atoms with van der Waals surface area (Å²) >= 11 is 0. The van der Waals surface area contributed by atoms with Gasteiger partial charge in [0.1, 0.15) is 12.6 Å². The van der Waals surface area contributed by atoms with Crippen molar-refractivity contribution in [3.05, 3.63) is 35.9 Å². The van der Waals surface area contributed by atoms with Crippen LogP contribution in [0.25, 0.3) is 0 Å². The SMILES string of the molecule is C.COC(=O)C1C(CCCB2OC(C)(C)C(C)(C)O2)CCCN1C(=O)OCc1ccccc1.O=C=O.OB(O)CCC[C@H]1CCCNC1.PP. The van der Waals surface area contributed by atoms with Crippen LogP contribution in [-0.2, 0) is 39.8 Å². The first-order chi connectivity index (χ1) is 23.3. The predicted octanol–water partition coefficient (Wildman–Crippen LogP) is 5.39. The fourth-order valence-corrected chi connectivity index (χ4v) is 6.21. The number of carbonyl (C=O) groups excluding carboxylic acids is 4. The van der Waals surface area contributed by atoms with E-state index in [4.69, 9.17) is 38.4 Å². The summed E-state index contributed by atoms with van der Waals surface area (Å²) in [6.45, 7) is 11.1. The van der Waals surface area contributed by atoms with Crippen molar-refractivity contribution >= 4 is 50.3 Å². The molecule has 1 aromatic carbocycles. The second kappa shape index (κ2) is 26.0. The highest BCUT2D eigenvalue weighted by Gasteiger charge is 2.50. The van der Waals surface area contributed by atoms with Crippen molar-refractivity contribution < 1.29 is 48.0 Å². The van der Waals surface area contributed by atoms with E-state index in [2.05, 4.69) is 23.2 Å². The molecule has 3 heterocycles. The predicted molar refractivity (Wildman–Crippen MR) is 203 cm³/mol. The van der Waals surface area contributed by atoms with Crippen molar-refractivity contribution in [2.24, 2.45) is 11.8 Å². The van der Waals surface area contributed by atoms with Crippen LogP contribution in [0.4, 0.5) is 4.79 Å². The van der Waals surface area contributed by atoms with Crippen molar-refractivity contribution in [3.8, 4) is 0 Å². The van der Waals surface area contributed by atoms with Crippen LogP contribution >= 0.6 is 17.9 Å². The summed E-state index contributed by atoms with van der Waals surface area (Å²) in [4.78, 5) is 43.3. The molecule has 3 aliphatic heterocycles. The van der Waals surface area contributed by atoms with E-state index in [-0.39, 0.29) is 50.4 Å². The molecule has 3 saturated heterocycles. The van der Waals surface area contributed by atoms with Gasteiger partial charge in [-0.3, -0.25) is 4.90 Å². The van der Waals surface area contributed by atoms with Crippen LogP contribution in [-0.4, -0.2) is 91.4 Å². The minimum absolute atomic E-state index is 0. The van der Waals surface area contributed by atoms with Crippen LogP contribution in [0.2, 0.25) is 12.6 Å². The highest BCUT2D eigenvalue weighted by Crippen LogP contribution is 2.39. The number of likely N-dealkylation sites (tertiary alicyclic amines) is 1. The molecule has 16 heteroatoms. The molecule has 0 aromatic heterocycles. The van der Waals surface area contributed by atoms with Crippen LogP contribution in [0.5, 0.6) is 0 Å². The molecule has 284 valence electrons. The van der Waals surface area contributed by atoms with Gasteiger partial charge in [0.2, 0.25) is 0 Å². The van der Waals surface area contributed by atoms with E-state index in [1.807, 2.05) is 58.0 Å². The second-order valence-electron chi connectivity index (χ2n) is 13.4. The van der Waals surface area contributed by atoms with Gasteiger partial charge < -0.3 is 34.1 Å². The largest absolute Gasteiger partial charge is 0.467 e. The molecule has 3 fully saturated rings. The molecular weight excluding hydrogens is 680 g/mol. The molecule has 4 rings (SSSR count). The van der Waals surface area contributed by atoms with Crippen LogP contribution in [0.1, 0.15) is 92.1 Å². The van der Waals surface area contributed by atoms with E-state index in [0.717, 1.165) is 69.4 Å². The number of nitrogens with zero attached hydrogens (tertiary/aromatic N) is 1. The van der Waals surface area contributed by atoms with E-state index < -0.39 is 19.3 Å². The lowest BCUT2D eigenvalue weighted by Crippen LogP contribution is -2.53. The molecule has 3 N–H and O–H groups in total. The maximum atomic E-state index is 12.8. The van der Waals surface area contributed by atoms with Gasteiger partial charge in [-0.1, -0.05) is 50.6 Å². The Kier molecular flexibility index (Phi) is 25.0. The highest BCUT2D eigenvalue weighted by molar-refractivity contribution is 7.92. The topological polar surface area (TPSA) is 161 Å². The molecule has 1 amide bonds. The van der Waals surface area contributed by atoms with Gasteiger partial charge in [-0.15, -0.1) is 17.9 Å². The first-order valence-corrected chi connectivity index (χ1v) is 19.8. The van der Waals surface area contributed by atoms with Crippen molar-refractivity contribution in [2.75, 3.05) is 26.7 Å². The number of rotatable bonds is 11. The third-order valence-electron chi connectivity index (χ3n) is 9.43. The molecule has 5 atom stereocenters. The van der Waals surface area contributed by atoms with E-state index >= 15 is 0 Å². The number of ether oxygens (including phenoxy) is 2. The monoisotopic (exact) mass is 742 g/mol. The number of benzene rings is 1. The van der Waals surface area contributed by atoms with Crippen molar-refractivity contribution in [1.29, 1.82) is 0 Å². The Balaban J connectivity index is 0.00000111. The standard InChI is InChI=1S/C24H36BNO6.C8H18BNO2.CO2.CH4.H4P2/c1-23(2)24(3,4)32-25(31-23)15-9-13-19-14-10-16-26(20(19)21(27)29-5)22(28)30-17-18-11-7-6-8-12-18;11-9(12)5-1-3-8-4-2-6-10-7-8;2-1-3;;1-2/h6-8,11-12,19-20H,9-10,13-17H2,1-5H3;8,10-12H,1-7H2;;1H4;1-2H2/t;8-;;;/m.0.../s1. The number of hydrogen-bond donors (Lipinski definition) is 3. The Hall–Kier alpha value is -1.87. The van der Waals surface area contributed by atoms with Gasteiger partial charge in [-0.25, -0.2) is 9.59 Å². The van der Waals surface area contributed by atoms with Crippen molar-refractivity contribution in [1.82, 2.24) is 10.2 Å². The van der Waals surface area contributed by atoms with Crippen molar-refractivity contribution in [3.63, 3.8) is 0 Å². The summed E-state index contributed by atoms with van der Waals surface area (Å²) in [7, 11) is 4.67. The van der Waals surface area contributed by atoms with E-state index in [9.17, 15) is 9.59 Å². The number of nitrogens with one attached hydrogen (secondary N) is 1. The number of hydrogen-bond acceptors (Lipinski definition) is 11. The normalized spacial score (nSPS) is 21.6. The molecule has 0 bridgehead atoms. The fourth-order valence-electron chi connectivity index (χ4n) is 6.21. The lowest BCUT2D eigenvalue weighted by atomic mass is 9.78. The zero-order chi connectivity index (χ0) is 36.9. The Morgan fingerprint density at radius 3 is 2.20 bits per heavy atom. The number of esters is 1. The molecule has 12 nitrogen and oxygen atoms in total. The Bertz CT molecular complexity index is 1090. The van der Waals surface area contributed by atoms with Gasteiger partial charge in [0.15, 0.2) is 0 Å². The average Bonchev–Trinajstić information content (AvgIpc) is 3.30. The van der Waals surface area contributed by atoms with Crippen LogP contribution in [0.3, 0.4) is 0 Å². The first kappa shape index (κ1) is 48.1. The molecule has 0 spiro atoms. The molecule has 3 aliphatic rings.